The van der Waals surface area contributed by atoms with Crippen LogP contribution in [0.1, 0.15) is 40.2 Å². The number of aromatic nitrogens is 3. The fourth-order valence-electron chi connectivity index (χ4n) is 3.42. The number of carbonyl (C=O) groups excluding carboxylic acids is 1. The first-order valence-corrected chi connectivity index (χ1v) is 9.13. The van der Waals surface area contributed by atoms with Crippen molar-refractivity contribution in [2.45, 2.75) is 25.8 Å². The number of nitrogens with zero attached hydrogens (tertiary/aromatic N) is 4. The first-order chi connectivity index (χ1) is 12.1. The molecular formula is C18H18N4O2S. The maximum absolute atomic E-state index is 12.9. The molecule has 1 unspecified atom stereocenters. The molecule has 6 nitrogen and oxygen atoms in total. The molecule has 128 valence electrons. The molecule has 1 amide bonds. The molecule has 1 aromatic carbocycles. The minimum atomic E-state index is -0.197. The molecule has 1 atom stereocenters. The number of benzene rings is 1. The minimum Gasteiger partial charge on any atom is -0.327 e. The van der Waals surface area contributed by atoms with Crippen molar-refractivity contribution in [2.24, 2.45) is 7.05 Å². The highest BCUT2D eigenvalue weighted by molar-refractivity contribution is 7.09. The van der Waals surface area contributed by atoms with Gasteiger partial charge in [0.2, 0.25) is 0 Å². The van der Waals surface area contributed by atoms with Gasteiger partial charge in [0.15, 0.2) is 0 Å². The first-order valence-electron chi connectivity index (χ1n) is 8.25. The van der Waals surface area contributed by atoms with Crippen LogP contribution >= 0.6 is 11.3 Å². The second-order valence-electron chi connectivity index (χ2n) is 6.26. The van der Waals surface area contributed by atoms with Crippen molar-refractivity contribution in [1.82, 2.24) is 19.4 Å². The van der Waals surface area contributed by atoms with E-state index in [9.17, 15) is 9.59 Å². The fraction of sp³-hybridized carbons (Fsp3) is 0.333. The number of hydrogen-bond donors (Lipinski definition) is 0. The normalized spacial score (nSPS) is 17.4. The van der Waals surface area contributed by atoms with Gasteiger partial charge in [0.05, 0.1) is 22.0 Å². The highest BCUT2D eigenvalue weighted by atomic mass is 32.1. The number of thiazole rings is 1. The molecule has 0 radical (unpaired) electrons. The predicted octanol–water partition coefficient (Wildman–Crippen LogP) is 2.68. The number of rotatable bonds is 2. The van der Waals surface area contributed by atoms with E-state index < -0.39 is 0 Å². The zero-order valence-corrected chi connectivity index (χ0v) is 14.9. The molecule has 0 saturated carbocycles. The van der Waals surface area contributed by atoms with E-state index in [1.807, 2.05) is 25.1 Å². The summed E-state index contributed by atoms with van der Waals surface area (Å²) in [4.78, 5) is 36.3. The van der Waals surface area contributed by atoms with E-state index in [0.29, 0.717) is 29.0 Å². The van der Waals surface area contributed by atoms with Gasteiger partial charge in [-0.05, 0) is 31.9 Å². The van der Waals surface area contributed by atoms with Gasteiger partial charge in [-0.3, -0.25) is 14.2 Å². The van der Waals surface area contributed by atoms with Gasteiger partial charge < -0.3 is 4.90 Å². The lowest BCUT2D eigenvalue weighted by Crippen LogP contribution is -2.35. The third kappa shape index (κ3) is 2.64. The Bertz CT molecular complexity index is 1020. The van der Waals surface area contributed by atoms with Crippen LogP contribution in [-0.4, -0.2) is 31.9 Å². The van der Waals surface area contributed by atoms with Crippen molar-refractivity contribution >= 4 is 28.1 Å². The van der Waals surface area contributed by atoms with Gasteiger partial charge in [0.25, 0.3) is 11.5 Å². The maximum atomic E-state index is 12.9. The number of amides is 1. The van der Waals surface area contributed by atoms with Gasteiger partial charge in [-0.25, -0.2) is 9.97 Å². The molecule has 1 saturated heterocycles. The summed E-state index contributed by atoms with van der Waals surface area (Å²) in [6.45, 7) is 2.54. The van der Waals surface area contributed by atoms with Crippen LogP contribution in [0.2, 0.25) is 0 Å². The molecule has 0 spiro atoms. The molecule has 1 aliphatic rings. The van der Waals surface area contributed by atoms with Crippen LogP contribution < -0.4 is 5.56 Å². The van der Waals surface area contributed by atoms with Crippen molar-refractivity contribution in [3.8, 4) is 0 Å². The van der Waals surface area contributed by atoms with Crippen molar-refractivity contribution < 1.29 is 4.79 Å². The van der Waals surface area contributed by atoms with Crippen LogP contribution in [0.25, 0.3) is 10.9 Å². The van der Waals surface area contributed by atoms with E-state index in [-0.39, 0.29) is 17.5 Å². The minimum absolute atomic E-state index is 0.0793. The summed E-state index contributed by atoms with van der Waals surface area (Å²) >= 11 is 1.47. The maximum Gasteiger partial charge on any atom is 0.273 e. The molecule has 0 N–H and O–H groups in total. The molecule has 3 aromatic rings. The van der Waals surface area contributed by atoms with Gasteiger partial charge in [-0.2, -0.15) is 0 Å². The topological polar surface area (TPSA) is 68.1 Å². The number of aryl methyl sites for hydroxylation is 1. The second kappa shape index (κ2) is 6.07. The van der Waals surface area contributed by atoms with Crippen LogP contribution in [0.4, 0.5) is 0 Å². The summed E-state index contributed by atoms with van der Waals surface area (Å²) < 4.78 is 1.57. The highest BCUT2D eigenvalue weighted by Gasteiger charge is 2.34. The van der Waals surface area contributed by atoms with Crippen molar-refractivity contribution in [2.75, 3.05) is 6.54 Å². The Morgan fingerprint density at radius 2 is 2.08 bits per heavy atom. The lowest BCUT2D eigenvalue weighted by molar-refractivity contribution is 0.0722. The van der Waals surface area contributed by atoms with E-state index in [1.54, 1.807) is 28.0 Å². The predicted molar refractivity (Wildman–Crippen MR) is 96.8 cm³/mol. The number of fused-ring (bicyclic) bond motifs is 1. The molecule has 0 aliphatic carbocycles. The van der Waals surface area contributed by atoms with E-state index >= 15 is 0 Å². The van der Waals surface area contributed by atoms with Crippen LogP contribution in [0.3, 0.4) is 0 Å². The summed E-state index contributed by atoms with van der Waals surface area (Å²) in [5.41, 5.74) is 1.06. The lowest BCUT2D eigenvalue weighted by atomic mass is 10.1. The molecule has 0 bridgehead atoms. The van der Waals surface area contributed by atoms with Crippen molar-refractivity contribution in [1.29, 1.82) is 0 Å². The Balaban J connectivity index is 1.78. The summed E-state index contributed by atoms with van der Waals surface area (Å²) in [7, 11) is 1.73. The number of hydrogen-bond acceptors (Lipinski definition) is 5. The monoisotopic (exact) mass is 354 g/mol. The number of likely N-dealkylation sites (tertiary alicyclic amines) is 1. The highest BCUT2D eigenvalue weighted by Crippen LogP contribution is 2.32. The van der Waals surface area contributed by atoms with Gasteiger partial charge in [-0.1, -0.05) is 12.1 Å². The van der Waals surface area contributed by atoms with E-state index in [1.165, 1.54) is 11.3 Å². The Morgan fingerprint density at radius 3 is 2.84 bits per heavy atom. The Morgan fingerprint density at radius 1 is 1.28 bits per heavy atom. The molecule has 3 heterocycles. The first kappa shape index (κ1) is 16.0. The quantitative estimate of drug-likeness (QED) is 0.709. The Kier molecular flexibility index (Phi) is 3.88. The van der Waals surface area contributed by atoms with Gasteiger partial charge >= 0.3 is 0 Å². The van der Waals surface area contributed by atoms with E-state index in [2.05, 4.69) is 4.98 Å². The van der Waals surface area contributed by atoms with E-state index in [0.717, 1.165) is 17.8 Å². The lowest BCUT2D eigenvalue weighted by Gasteiger charge is -2.25. The summed E-state index contributed by atoms with van der Waals surface area (Å²) in [5.74, 6) is 0.552. The number of para-hydroxylation sites is 1. The van der Waals surface area contributed by atoms with Crippen LogP contribution in [0, 0.1) is 6.92 Å². The zero-order valence-electron chi connectivity index (χ0n) is 14.1. The SMILES string of the molecule is Cc1nc(C(=O)N2CCCC2c2nc3ccccc3c(=O)n2C)cs1. The van der Waals surface area contributed by atoms with Crippen LogP contribution in [-0.2, 0) is 7.05 Å². The van der Waals surface area contributed by atoms with Crippen LogP contribution in [0.5, 0.6) is 0 Å². The smallest absolute Gasteiger partial charge is 0.273 e. The molecule has 25 heavy (non-hydrogen) atoms. The standard InChI is InChI=1S/C18H18N4O2S/c1-11-19-14(10-25-11)18(24)22-9-5-8-15(22)16-20-13-7-4-3-6-12(13)17(23)21(16)2/h3-4,6-7,10,15H,5,8-9H2,1-2H3. The molecular weight excluding hydrogens is 336 g/mol. The average Bonchev–Trinajstić information content (AvgIpc) is 3.26. The molecule has 2 aromatic heterocycles. The summed E-state index contributed by atoms with van der Waals surface area (Å²) in [5, 5.41) is 3.26. The summed E-state index contributed by atoms with van der Waals surface area (Å²) in [6, 6.07) is 7.13. The molecule has 4 rings (SSSR count). The number of carbonyl (C=O) groups is 1. The fourth-order valence-corrected chi connectivity index (χ4v) is 4.01. The van der Waals surface area contributed by atoms with Gasteiger partial charge in [-0.15, -0.1) is 11.3 Å². The zero-order chi connectivity index (χ0) is 17.6. The largest absolute Gasteiger partial charge is 0.327 e. The van der Waals surface area contributed by atoms with E-state index in [4.69, 9.17) is 4.98 Å². The third-order valence-electron chi connectivity index (χ3n) is 4.67. The van der Waals surface area contributed by atoms with Crippen molar-refractivity contribution in [3.63, 3.8) is 0 Å². The molecule has 1 fully saturated rings. The summed E-state index contributed by atoms with van der Waals surface area (Å²) in [6.07, 6.45) is 1.69. The Hall–Kier alpha value is -2.54. The second-order valence-corrected chi connectivity index (χ2v) is 7.32. The molecule has 1 aliphatic heterocycles. The van der Waals surface area contributed by atoms with Gasteiger partial charge in [0.1, 0.15) is 11.5 Å². The Labute approximate surface area is 148 Å². The molecule has 7 heteroatoms. The van der Waals surface area contributed by atoms with Crippen LogP contribution in [0.15, 0.2) is 34.4 Å². The third-order valence-corrected chi connectivity index (χ3v) is 5.44. The van der Waals surface area contributed by atoms with Crippen molar-refractivity contribution in [3.05, 3.63) is 56.5 Å². The average molecular weight is 354 g/mol. The van der Waals surface area contributed by atoms with Gasteiger partial charge in [0, 0.05) is 19.0 Å².